The average molecular weight is 284 g/mol. The Morgan fingerprint density at radius 3 is 2.95 bits per heavy atom. The van der Waals surface area contributed by atoms with Gasteiger partial charge in [0, 0.05) is 6.54 Å². The molecule has 1 aliphatic rings. The van der Waals surface area contributed by atoms with Gasteiger partial charge in [0.1, 0.15) is 5.00 Å². The van der Waals surface area contributed by atoms with E-state index in [-0.39, 0.29) is 24.2 Å². The van der Waals surface area contributed by atoms with Crippen molar-refractivity contribution in [2.75, 3.05) is 18.5 Å². The van der Waals surface area contributed by atoms with E-state index in [0.29, 0.717) is 11.5 Å². The second kappa shape index (κ2) is 6.03. The Bertz CT molecular complexity index is 474. The van der Waals surface area contributed by atoms with Crippen LogP contribution < -0.4 is 5.32 Å². The highest BCUT2D eigenvalue weighted by atomic mass is 32.1. The van der Waals surface area contributed by atoms with Crippen LogP contribution in [0.1, 0.15) is 29.6 Å². The van der Waals surface area contributed by atoms with Crippen LogP contribution in [0.15, 0.2) is 11.4 Å². The number of nitrogens with zero attached hydrogens (tertiary/aromatic N) is 1. The number of amides is 2. The number of aliphatic hydroxyl groups is 1. The van der Waals surface area contributed by atoms with Gasteiger partial charge in [0.05, 0.1) is 18.2 Å². The monoisotopic (exact) mass is 284 g/mol. The first-order chi connectivity index (χ1) is 9.13. The maximum atomic E-state index is 12.1. The molecule has 0 spiro atoms. The normalized spacial score (nSPS) is 19.2. The molecule has 2 amide bonds. The molecule has 0 aliphatic carbocycles. The van der Waals surface area contributed by atoms with Gasteiger partial charge in [0.15, 0.2) is 0 Å². The molecule has 1 atom stereocenters. The largest absolute Gasteiger partial charge is 0.478 e. The van der Waals surface area contributed by atoms with E-state index in [1.165, 1.54) is 17.4 Å². The van der Waals surface area contributed by atoms with Gasteiger partial charge in [0.2, 0.25) is 0 Å². The van der Waals surface area contributed by atoms with Crippen LogP contribution >= 0.6 is 11.3 Å². The molecule has 1 unspecified atom stereocenters. The lowest BCUT2D eigenvalue weighted by Crippen LogP contribution is -2.47. The fraction of sp³-hybridized carbons (Fsp3) is 0.500. The van der Waals surface area contributed by atoms with Crippen LogP contribution in [-0.4, -0.2) is 46.3 Å². The predicted molar refractivity (Wildman–Crippen MR) is 71.7 cm³/mol. The minimum Gasteiger partial charge on any atom is -0.478 e. The molecule has 0 bridgehead atoms. The van der Waals surface area contributed by atoms with Crippen molar-refractivity contribution in [3.63, 3.8) is 0 Å². The van der Waals surface area contributed by atoms with Crippen molar-refractivity contribution in [1.82, 2.24) is 4.90 Å². The molecule has 3 N–H and O–H groups in total. The Balaban J connectivity index is 2.07. The summed E-state index contributed by atoms with van der Waals surface area (Å²) < 4.78 is 0. The number of piperidine rings is 1. The molecule has 1 aliphatic heterocycles. The molecule has 0 radical (unpaired) electrons. The van der Waals surface area contributed by atoms with E-state index >= 15 is 0 Å². The Morgan fingerprint density at radius 2 is 2.26 bits per heavy atom. The number of anilines is 1. The summed E-state index contributed by atoms with van der Waals surface area (Å²) in [4.78, 5) is 24.7. The number of hydrogen-bond donors (Lipinski definition) is 3. The Labute approximate surface area is 114 Å². The van der Waals surface area contributed by atoms with Crippen LogP contribution in [-0.2, 0) is 0 Å². The number of carbonyl (C=O) groups excluding carboxylic acids is 1. The second-order valence-corrected chi connectivity index (χ2v) is 5.34. The molecule has 1 aromatic rings. The molecule has 1 saturated heterocycles. The lowest BCUT2D eigenvalue weighted by Gasteiger charge is -2.34. The smallest absolute Gasteiger partial charge is 0.338 e. The number of carbonyl (C=O) groups is 2. The second-order valence-electron chi connectivity index (χ2n) is 4.42. The van der Waals surface area contributed by atoms with Crippen LogP contribution in [0.25, 0.3) is 0 Å². The van der Waals surface area contributed by atoms with Crippen molar-refractivity contribution in [2.45, 2.75) is 25.3 Å². The van der Waals surface area contributed by atoms with Crippen LogP contribution in [0.2, 0.25) is 0 Å². The third-order valence-corrected chi connectivity index (χ3v) is 4.04. The van der Waals surface area contributed by atoms with Crippen LogP contribution in [0.3, 0.4) is 0 Å². The Morgan fingerprint density at radius 1 is 1.47 bits per heavy atom. The van der Waals surface area contributed by atoms with Crippen molar-refractivity contribution in [1.29, 1.82) is 0 Å². The first-order valence-corrected chi connectivity index (χ1v) is 7.00. The molecule has 6 nitrogen and oxygen atoms in total. The molecule has 1 aromatic heterocycles. The molecule has 7 heteroatoms. The van der Waals surface area contributed by atoms with E-state index in [9.17, 15) is 14.7 Å². The first-order valence-electron chi connectivity index (χ1n) is 6.12. The summed E-state index contributed by atoms with van der Waals surface area (Å²) in [6, 6.07) is 0.938. The third-order valence-electron chi connectivity index (χ3n) is 3.21. The molecule has 1 fully saturated rings. The summed E-state index contributed by atoms with van der Waals surface area (Å²) in [6.45, 7) is 0.522. The van der Waals surface area contributed by atoms with E-state index in [2.05, 4.69) is 5.32 Å². The SMILES string of the molecule is O=C(O)c1ccsc1NC(=O)N1CCCCC1CO. The van der Waals surface area contributed by atoms with Crippen molar-refractivity contribution in [3.05, 3.63) is 17.0 Å². The number of urea groups is 1. The van der Waals surface area contributed by atoms with E-state index < -0.39 is 5.97 Å². The van der Waals surface area contributed by atoms with E-state index in [4.69, 9.17) is 5.11 Å². The molecule has 0 aromatic carbocycles. The van der Waals surface area contributed by atoms with Gasteiger partial charge in [-0.1, -0.05) is 0 Å². The zero-order valence-corrected chi connectivity index (χ0v) is 11.2. The lowest BCUT2D eigenvalue weighted by atomic mass is 10.0. The van der Waals surface area contributed by atoms with E-state index in [1.54, 1.807) is 10.3 Å². The van der Waals surface area contributed by atoms with Crippen molar-refractivity contribution < 1.29 is 19.8 Å². The standard InChI is InChI=1S/C12H16N2O4S/c15-7-8-3-1-2-5-14(8)12(18)13-10-9(11(16)17)4-6-19-10/h4,6,8,15H,1-3,5,7H2,(H,13,18)(H,16,17). The van der Waals surface area contributed by atoms with Gasteiger partial charge in [-0.05, 0) is 30.7 Å². The summed E-state index contributed by atoms with van der Waals surface area (Å²) in [6.07, 6.45) is 2.68. The number of thiophene rings is 1. The number of carboxylic acid groups (broad SMARTS) is 1. The number of carboxylic acids is 1. The van der Waals surface area contributed by atoms with Gasteiger partial charge in [-0.25, -0.2) is 9.59 Å². The zero-order valence-electron chi connectivity index (χ0n) is 10.3. The van der Waals surface area contributed by atoms with Gasteiger partial charge in [0.25, 0.3) is 0 Å². The number of aliphatic hydroxyl groups excluding tert-OH is 1. The molecular formula is C12H16N2O4S. The first kappa shape index (κ1) is 13.8. The topological polar surface area (TPSA) is 89.9 Å². The number of likely N-dealkylation sites (tertiary alicyclic amines) is 1. The number of hydrogen-bond acceptors (Lipinski definition) is 4. The highest BCUT2D eigenvalue weighted by Gasteiger charge is 2.27. The van der Waals surface area contributed by atoms with E-state index in [1.807, 2.05) is 0 Å². The van der Waals surface area contributed by atoms with Crippen molar-refractivity contribution in [2.24, 2.45) is 0 Å². The summed E-state index contributed by atoms with van der Waals surface area (Å²) in [5, 5.41) is 22.8. The molecule has 19 heavy (non-hydrogen) atoms. The number of aromatic carboxylic acids is 1. The highest BCUT2D eigenvalue weighted by molar-refractivity contribution is 7.14. The molecule has 2 heterocycles. The number of rotatable bonds is 3. The summed E-state index contributed by atoms with van der Waals surface area (Å²) in [5.74, 6) is -1.06. The molecule has 0 saturated carbocycles. The van der Waals surface area contributed by atoms with Gasteiger partial charge in [-0.2, -0.15) is 0 Å². The minimum atomic E-state index is -1.06. The lowest BCUT2D eigenvalue weighted by molar-refractivity contribution is 0.0698. The minimum absolute atomic E-state index is 0.0658. The van der Waals surface area contributed by atoms with Crippen LogP contribution in [0.4, 0.5) is 9.80 Å². The maximum absolute atomic E-state index is 12.1. The Kier molecular flexibility index (Phi) is 4.39. The van der Waals surface area contributed by atoms with Crippen molar-refractivity contribution in [3.8, 4) is 0 Å². The summed E-state index contributed by atoms with van der Waals surface area (Å²) >= 11 is 1.18. The van der Waals surface area contributed by atoms with Gasteiger partial charge < -0.3 is 15.1 Å². The van der Waals surface area contributed by atoms with Gasteiger partial charge in [-0.15, -0.1) is 11.3 Å². The summed E-state index contributed by atoms with van der Waals surface area (Å²) in [5.41, 5.74) is 0.0934. The molecular weight excluding hydrogens is 268 g/mol. The molecule has 2 rings (SSSR count). The number of nitrogens with one attached hydrogen (secondary N) is 1. The van der Waals surface area contributed by atoms with Gasteiger partial charge in [-0.3, -0.25) is 5.32 Å². The van der Waals surface area contributed by atoms with Crippen LogP contribution in [0.5, 0.6) is 0 Å². The highest BCUT2D eigenvalue weighted by Crippen LogP contribution is 2.25. The third kappa shape index (κ3) is 3.05. The van der Waals surface area contributed by atoms with Gasteiger partial charge >= 0.3 is 12.0 Å². The predicted octanol–water partition coefficient (Wildman–Crippen LogP) is 1.82. The maximum Gasteiger partial charge on any atom is 0.338 e. The summed E-state index contributed by atoms with van der Waals surface area (Å²) in [7, 11) is 0. The van der Waals surface area contributed by atoms with Crippen molar-refractivity contribution >= 4 is 28.3 Å². The van der Waals surface area contributed by atoms with E-state index in [0.717, 1.165) is 19.3 Å². The fourth-order valence-electron chi connectivity index (χ4n) is 2.20. The van der Waals surface area contributed by atoms with Crippen LogP contribution in [0, 0.1) is 0 Å². The average Bonchev–Trinajstić information content (AvgIpc) is 2.87. The zero-order chi connectivity index (χ0) is 13.8. The Hall–Kier alpha value is -1.60. The quantitative estimate of drug-likeness (QED) is 0.789. The fourth-order valence-corrected chi connectivity index (χ4v) is 2.97. The molecule has 104 valence electrons.